The molecule has 23 heavy (non-hydrogen) atoms. The van der Waals surface area contributed by atoms with Crippen molar-refractivity contribution in [2.24, 2.45) is 0 Å². The van der Waals surface area contributed by atoms with Gasteiger partial charge in [0.1, 0.15) is 17.2 Å². The monoisotopic (exact) mass is 343 g/mol. The van der Waals surface area contributed by atoms with Crippen LogP contribution < -0.4 is 4.74 Å². The van der Waals surface area contributed by atoms with Crippen LogP contribution in [0.2, 0.25) is 5.02 Å². The van der Waals surface area contributed by atoms with Crippen LogP contribution in [0.15, 0.2) is 36.5 Å². The molecular weight excluding hydrogens is 331 g/mol. The number of carbonyl (C=O) groups excluding carboxylic acids is 1. The Morgan fingerprint density at radius 3 is 2.35 bits per heavy atom. The number of methoxy groups -OCH3 is 1. The standard InChI is InChI=1S/C16H13ClF3NO2/c1-9(22)15(10-3-5-12(17)13(7-10)23-2)11-4-6-14(21-8-11)16(18,19)20/h3-8,15H,1-2H3. The molecule has 0 spiro atoms. The van der Waals surface area contributed by atoms with Crippen LogP contribution in [0.4, 0.5) is 13.2 Å². The number of hydrogen-bond acceptors (Lipinski definition) is 3. The van der Waals surface area contributed by atoms with Gasteiger partial charge >= 0.3 is 6.18 Å². The fourth-order valence-electron chi connectivity index (χ4n) is 2.26. The van der Waals surface area contributed by atoms with Crippen molar-refractivity contribution in [1.82, 2.24) is 4.98 Å². The highest BCUT2D eigenvalue weighted by Gasteiger charge is 2.32. The van der Waals surface area contributed by atoms with Crippen molar-refractivity contribution >= 4 is 17.4 Å². The van der Waals surface area contributed by atoms with Gasteiger partial charge < -0.3 is 4.74 Å². The molecule has 0 bridgehead atoms. The molecule has 1 aromatic heterocycles. The second-order valence-corrected chi connectivity index (χ2v) is 5.32. The van der Waals surface area contributed by atoms with Crippen molar-refractivity contribution in [2.75, 3.05) is 7.11 Å². The average molecular weight is 344 g/mol. The van der Waals surface area contributed by atoms with E-state index in [4.69, 9.17) is 16.3 Å². The van der Waals surface area contributed by atoms with Gasteiger partial charge in [-0.05, 0) is 36.2 Å². The van der Waals surface area contributed by atoms with Crippen LogP contribution >= 0.6 is 11.6 Å². The molecule has 1 unspecified atom stereocenters. The summed E-state index contributed by atoms with van der Waals surface area (Å²) in [7, 11) is 1.44. The van der Waals surface area contributed by atoms with E-state index in [1.54, 1.807) is 18.2 Å². The lowest BCUT2D eigenvalue weighted by Gasteiger charge is -2.16. The molecule has 0 saturated carbocycles. The third-order valence-corrected chi connectivity index (χ3v) is 3.64. The van der Waals surface area contributed by atoms with Gasteiger partial charge in [0.15, 0.2) is 0 Å². The summed E-state index contributed by atoms with van der Waals surface area (Å²) in [6, 6.07) is 6.91. The highest BCUT2D eigenvalue weighted by atomic mass is 35.5. The molecule has 2 rings (SSSR count). The Morgan fingerprint density at radius 2 is 1.87 bits per heavy atom. The lowest BCUT2D eigenvalue weighted by Crippen LogP contribution is -2.13. The Morgan fingerprint density at radius 1 is 1.22 bits per heavy atom. The van der Waals surface area contributed by atoms with Crippen molar-refractivity contribution in [2.45, 2.75) is 19.0 Å². The van der Waals surface area contributed by atoms with E-state index in [-0.39, 0.29) is 5.78 Å². The number of hydrogen-bond donors (Lipinski definition) is 0. The second kappa shape index (κ2) is 6.58. The van der Waals surface area contributed by atoms with E-state index in [0.717, 1.165) is 12.3 Å². The Balaban J connectivity index is 2.45. The van der Waals surface area contributed by atoms with Gasteiger partial charge in [0.2, 0.25) is 0 Å². The summed E-state index contributed by atoms with van der Waals surface area (Å²) in [6.45, 7) is 1.36. The third-order valence-electron chi connectivity index (χ3n) is 3.33. The Bertz CT molecular complexity index is 714. The minimum Gasteiger partial charge on any atom is -0.495 e. The number of ether oxygens (including phenoxy) is 1. The number of Topliss-reactive ketones (excluding diaryl/α,β-unsaturated/α-hetero) is 1. The number of carbonyl (C=O) groups is 1. The first-order valence-electron chi connectivity index (χ1n) is 6.61. The number of aromatic nitrogens is 1. The zero-order valence-corrected chi connectivity index (χ0v) is 13.1. The molecule has 2 aromatic rings. The fraction of sp³-hybridized carbons (Fsp3) is 0.250. The van der Waals surface area contributed by atoms with Gasteiger partial charge in [-0.3, -0.25) is 9.78 Å². The number of nitrogens with zero attached hydrogens (tertiary/aromatic N) is 1. The topological polar surface area (TPSA) is 39.2 Å². The average Bonchev–Trinajstić information content (AvgIpc) is 2.48. The van der Waals surface area contributed by atoms with Crippen molar-refractivity contribution in [1.29, 1.82) is 0 Å². The molecule has 0 N–H and O–H groups in total. The number of pyridine rings is 1. The molecule has 0 amide bonds. The highest BCUT2D eigenvalue weighted by Crippen LogP contribution is 2.33. The van der Waals surface area contributed by atoms with E-state index in [0.29, 0.717) is 21.9 Å². The molecular formula is C16H13ClF3NO2. The Labute approximate surface area is 136 Å². The minimum absolute atomic E-state index is 0.226. The zero-order chi connectivity index (χ0) is 17.2. The molecule has 0 aliphatic rings. The maximum Gasteiger partial charge on any atom is 0.433 e. The van der Waals surface area contributed by atoms with Crippen molar-refractivity contribution in [3.63, 3.8) is 0 Å². The summed E-state index contributed by atoms with van der Waals surface area (Å²) in [5.74, 6) is -0.581. The number of alkyl halides is 3. The highest BCUT2D eigenvalue weighted by molar-refractivity contribution is 6.32. The quantitative estimate of drug-likeness (QED) is 0.821. The van der Waals surface area contributed by atoms with Crippen LogP contribution in [0.5, 0.6) is 5.75 Å². The predicted molar refractivity (Wildman–Crippen MR) is 79.8 cm³/mol. The first-order valence-corrected chi connectivity index (χ1v) is 6.99. The van der Waals surface area contributed by atoms with Crippen LogP contribution in [0.25, 0.3) is 0 Å². The second-order valence-electron chi connectivity index (χ2n) is 4.91. The summed E-state index contributed by atoms with van der Waals surface area (Å²) in [6.07, 6.45) is -3.45. The van der Waals surface area contributed by atoms with Crippen molar-refractivity contribution in [3.8, 4) is 5.75 Å². The summed E-state index contributed by atoms with van der Waals surface area (Å²) >= 11 is 5.95. The van der Waals surface area contributed by atoms with Crippen LogP contribution in [0.1, 0.15) is 29.7 Å². The Hall–Kier alpha value is -2.08. The normalized spacial score (nSPS) is 12.8. The summed E-state index contributed by atoms with van der Waals surface area (Å²) in [5.41, 5.74) is -0.0626. The lowest BCUT2D eigenvalue weighted by atomic mass is 9.89. The van der Waals surface area contributed by atoms with Crippen LogP contribution in [-0.2, 0) is 11.0 Å². The van der Waals surface area contributed by atoms with E-state index < -0.39 is 17.8 Å². The molecule has 0 fully saturated rings. The number of halogens is 4. The van der Waals surface area contributed by atoms with Gasteiger partial charge in [0, 0.05) is 6.20 Å². The molecule has 1 atom stereocenters. The minimum atomic E-state index is -4.52. The molecule has 0 saturated heterocycles. The maximum absolute atomic E-state index is 12.6. The zero-order valence-electron chi connectivity index (χ0n) is 12.3. The smallest absolute Gasteiger partial charge is 0.433 e. The van der Waals surface area contributed by atoms with E-state index in [2.05, 4.69) is 4.98 Å². The molecule has 3 nitrogen and oxygen atoms in total. The summed E-state index contributed by atoms with van der Waals surface area (Å²) in [5, 5.41) is 0.379. The molecule has 0 aliphatic carbocycles. The first kappa shape index (κ1) is 17.3. The first-order chi connectivity index (χ1) is 10.7. The van der Waals surface area contributed by atoms with Gasteiger partial charge in [0.05, 0.1) is 18.1 Å². The number of ketones is 1. The molecule has 0 aliphatic heterocycles. The number of rotatable bonds is 4. The van der Waals surface area contributed by atoms with Crippen LogP contribution in [0.3, 0.4) is 0 Å². The van der Waals surface area contributed by atoms with Gasteiger partial charge in [-0.1, -0.05) is 23.7 Å². The molecule has 0 radical (unpaired) electrons. The van der Waals surface area contributed by atoms with E-state index in [1.165, 1.54) is 20.1 Å². The van der Waals surface area contributed by atoms with E-state index in [9.17, 15) is 18.0 Å². The third kappa shape index (κ3) is 3.82. The molecule has 122 valence electrons. The van der Waals surface area contributed by atoms with Gasteiger partial charge in [0.25, 0.3) is 0 Å². The summed E-state index contributed by atoms with van der Waals surface area (Å²) in [4.78, 5) is 15.4. The fourth-order valence-corrected chi connectivity index (χ4v) is 2.46. The number of benzene rings is 1. The van der Waals surface area contributed by atoms with Gasteiger partial charge in [-0.15, -0.1) is 0 Å². The van der Waals surface area contributed by atoms with Crippen molar-refractivity contribution < 1.29 is 22.7 Å². The largest absolute Gasteiger partial charge is 0.495 e. The van der Waals surface area contributed by atoms with E-state index in [1.807, 2.05) is 0 Å². The maximum atomic E-state index is 12.6. The lowest BCUT2D eigenvalue weighted by molar-refractivity contribution is -0.141. The molecule has 7 heteroatoms. The van der Waals surface area contributed by atoms with Crippen LogP contribution in [0, 0.1) is 0 Å². The van der Waals surface area contributed by atoms with Gasteiger partial charge in [-0.2, -0.15) is 13.2 Å². The summed E-state index contributed by atoms with van der Waals surface area (Å²) < 4.78 is 42.9. The molecule has 1 heterocycles. The Kier molecular flexibility index (Phi) is 4.94. The van der Waals surface area contributed by atoms with Crippen LogP contribution in [-0.4, -0.2) is 17.9 Å². The SMILES string of the molecule is COc1cc(C(C(C)=O)c2ccc(C(F)(F)F)nc2)ccc1Cl. The van der Waals surface area contributed by atoms with Crippen molar-refractivity contribution in [3.05, 3.63) is 58.4 Å². The van der Waals surface area contributed by atoms with E-state index >= 15 is 0 Å². The van der Waals surface area contributed by atoms with Gasteiger partial charge in [-0.25, -0.2) is 0 Å². The molecule has 1 aromatic carbocycles. The predicted octanol–water partition coefficient (Wildman–Crippen LogP) is 4.48.